The van der Waals surface area contributed by atoms with Crippen LogP contribution in [0.25, 0.3) is 11.3 Å². The van der Waals surface area contributed by atoms with E-state index in [1.807, 2.05) is 51.1 Å². The van der Waals surface area contributed by atoms with E-state index in [1.165, 1.54) is 0 Å². The zero-order valence-corrected chi connectivity index (χ0v) is 19.2. The van der Waals surface area contributed by atoms with Gasteiger partial charge in [-0.05, 0) is 52.0 Å². The lowest BCUT2D eigenvalue weighted by atomic mass is 10.1. The summed E-state index contributed by atoms with van der Waals surface area (Å²) in [5.41, 5.74) is 4.32. The molecule has 0 unspecified atom stereocenters. The van der Waals surface area contributed by atoms with Gasteiger partial charge in [-0.15, -0.1) is 0 Å². The molecule has 0 aliphatic carbocycles. The van der Waals surface area contributed by atoms with Crippen LogP contribution in [0.4, 0.5) is 11.4 Å². The average molecular weight is 435 g/mol. The van der Waals surface area contributed by atoms with Crippen molar-refractivity contribution in [2.24, 2.45) is 7.05 Å². The molecule has 3 aromatic rings. The average Bonchev–Trinajstić information content (AvgIpc) is 2.75. The Kier molecular flexibility index (Phi) is 7.25. The van der Waals surface area contributed by atoms with Crippen LogP contribution < -0.4 is 20.9 Å². The van der Waals surface area contributed by atoms with Gasteiger partial charge in [0.15, 0.2) is 0 Å². The monoisotopic (exact) mass is 434 g/mol. The van der Waals surface area contributed by atoms with Gasteiger partial charge in [0.1, 0.15) is 5.69 Å². The molecular formula is C24H30N6O2. The maximum absolute atomic E-state index is 12.5. The van der Waals surface area contributed by atoms with Crippen LogP contribution in [-0.2, 0) is 13.6 Å². The summed E-state index contributed by atoms with van der Waals surface area (Å²) in [4.78, 5) is 21.6. The van der Waals surface area contributed by atoms with Gasteiger partial charge in [0.25, 0.3) is 5.56 Å². The molecule has 3 N–H and O–H groups in total. The third kappa shape index (κ3) is 5.14. The number of hydrogen-bond donors (Lipinski definition) is 3. The zero-order chi connectivity index (χ0) is 23.3. The molecule has 0 radical (unpaired) electrons. The van der Waals surface area contributed by atoms with Crippen molar-refractivity contribution in [1.29, 1.82) is 5.41 Å². The fourth-order valence-electron chi connectivity index (χ4n) is 3.34. The van der Waals surface area contributed by atoms with Gasteiger partial charge < -0.3 is 25.3 Å². The van der Waals surface area contributed by atoms with Crippen LogP contribution in [0.5, 0.6) is 5.88 Å². The molecule has 0 aromatic carbocycles. The first-order chi connectivity index (χ1) is 15.3. The number of rotatable bonds is 9. The zero-order valence-electron chi connectivity index (χ0n) is 19.2. The number of hydrogen-bond acceptors (Lipinski definition) is 7. The number of ether oxygens (including phenoxy) is 1. The van der Waals surface area contributed by atoms with Crippen molar-refractivity contribution in [3.63, 3.8) is 0 Å². The molecule has 3 aromatic heterocycles. The summed E-state index contributed by atoms with van der Waals surface area (Å²) in [7, 11) is 1.73. The van der Waals surface area contributed by atoms with Crippen molar-refractivity contribution >= 4 is 17.1 Å². The molecule has 0 amide bonds. The third-order valence-electron chi connectivity index (χ3n) is 4.81. The molecule has 0 saturated carbocycles. The fourth-order valence-corrected chi connectivity index (χ4v) is 3.34. The maximum Gasteiger partial charge on any atom is 0.255 e. The Labute approximate surface area is 188 Å². The quantitative estimate of drug-likeness (QED) is 0.439. The van der Waals surface area contributed by atoms with Gasteiger partial charge in [0.2, 0.25) is 5.88 Å². The lowest BCUT2D eigenvalue weighted by molar-refractivity contribution is 0.328. The number of nitrogens with zero attached hydrogens (tertiary/aromatic N) is 3. The predicted molar refractivity (Wildman–Crippen MR) is 129 cm³/mol. The smallest absolute Gasteiger partial charge is 0.255 e. The standard InChI is InChI=1S/C24H30N6O2/c1-6-32-23-18(10-7-11-26-23)19-13-20(22(28-15(2)3)21(29-19)16(4)25)27-14-17-9-8-12-30(5)24(17)31/h7-13,15,25,28H,6,14H2,1-5H3,(H,27,29). The van der Waals surface area contributed by atoms with Crippen molar-refractivity contribution in [2.45, 2.75) is 40.3 Å². The van der Waals surface area contributed by atoms with Gasteiger partial charge >= 0.3 is 0 Å². The van der Waals surface area contributed by atoms with E-state index in [0.29, 0.717) is 41.7 Å². The van der Waals surface area contributed by atoms with Crippen LogP contribution >= 0.6 is 0 Å². The second-order valence-corrected chi connectivity index (χ2v) is 7.79. The van der Waals surface area contributed by atoms with Crippen molar-refractivity contribution < 1.29 is 4.74 Å². The molecule has 0 saturated heterocycles. The summed E-state index contributed by atoms with van der Waals surface area (Å²) in [6.07, 6.45) is 3.41. The molecule has 0 atom stereocenters. The molecule has 8 heteroatoms. The summed E-state index contributed by atoms with van der Waals surface area (Å²) in [6, 6.07) is 9.42. The minimum Gasteiger partial charge on any atom is -0.477 e. The normalized spacial score (nSPS) is 10.8. The Morgan fingerprint density at radius 2 is 2.06 bits per heavy atom. The molecule has 168 valence electrons. The highest BCUT2D eigenvalue weighted by molar-refractivity contribution is 6.03. The Bertz CT molecular complexity index is 1170. The molecule has 3 rings (SSSR count). The topological polar surface area (TPSA) is 105 Å². The van der Waals surface area contributed by atoms with Crippen LogP contribution in [0.2, 0.25) is 0 Å². The molecule has 32 heavy (non-hydrogen) atoms. The largest absolute Gasteiger partial charge is 0.477 e. The number of aryl methyl sites for hydroxylation is 1. The van der Waals surface area contributed by atoms with E-state index in [0.717, 1.165) is 16.9 Å². The Hall–Kier alpha value is -3.68. The highest BCUT2D eigenvalue weighted by Gasteiger charge is 2.19. The second kappa shape index (κ2) is 10.1. The van der Waals surface area contributed by atoms with Gasteiger partial charge in [0, 0.05) is 37.6 Å². The second-order valence-electron chi connectivity index (χ2n) is 7.79. The van der Waals surface area contributed by atoms with Crippen molar-refractivity contribution in [2.75, 3.05) is 17.2 Å². The van der Waals surface area contributed by atoms with Crippen LogP contribution in [0.1, 0.15) is 39.0 Å². The van der Waals surface area contributed by atoms with E-state index < -0.39 is 0 Å². The molecular weight excluding hydrogens is 404 g/mol. The molecule has 8 nitrogen and oxygen atoms in total. The molecule has 0 spiro atoms. The van der Waals surface area contributed by atoms with Crippen molar-refractivity contribution in [1.82, 2.24) is 14.5 Å². The van der Waals surface area contributed by atoms with Crippen LogP contribution in [-0.4, -0.2) is 32.9 Å². The van der Waals surface area contributed by atoms with E-state index in [1.54, 1.807) is 30.9 Å². The predicted octanol–water partition coefficient (Wildman–Crippen LogP) is 4.06. The first kappa shape index (κ1) is 23.0. The summed E-state index contributed by atoms with van der Waals surface area (Å²) in [5.74, 6) is 0.489. The third-order valence-corrected chi connectivity index (χ3v) is 4.81. The minimum atomic E-state index is -0.0537. The van der Waals surface area contributed by atoms with Gasteiger partial charge in [-0.1, -0.05) is 6.07 Å². The van der Waals surface area contributed by atoms with Crippen LogP contribution in [0.3, 0.4) is 0 Å². The van der Waals surface area contributed by atoms with E-state index in [4.69, 9.17) is 15.1 Å². The van der Waals surface area contributed by atoms with Crippen molar-refractivity contribution in [3.05, 3.63) is 64.3 Å². The molecule has 3 heterocycles. The SMILES string of the molecule is CCOc1ncccc1-c1cc(NCc2cccn(C)c2=O)c(NC(C)C)c(C(C)=N)n1. The van der Waals surface area contributed by atoms with E-state index in [2.05, 4.69) is 15.6 Å². The maximum atomic E-state index is 12.5. The number of nitrogens with one attached hydrogen (secondary N) is 3. The number of anilines is 2. The minimum absolute atomic E-state index is 0.0537. The van der Waals surface area contributed by atoms with E-state index in [-0.39, 0.29) is 11.6 Å². The first-order valence-corrected chi connectivity index (χ1v) is 10.7. The lowest BCUT2D eigenvalue weighted by Crippen LogP contribution is -2.22. The Balaban J connectivity index is 2.13. The first-order valence-electron chi connectivity index (χ1n) is 10.7. The van der Waals surface area contributed by atoms with Crippen molar-refractivity contribution in [3.8, 4) is 17.1 Å². The molecule has 0 aliphatic rings. The van der Waals surface area contributed by atoms with Gasteiger partial charge in [-0.25, -0.2) is 9.97 Å². The van der Waals surface area contributed by atoms with Gasteiger partial charge in [0.05, 0.1) is 35.0 Å². The van der Waals surface area contributed by atoms with E-state index >= 15 is 0 Å². The Morgan fingerprint density at radius 3 is 2.75 bits per heavy atom. The highest BCUT2D eigenvalue weighted by atomic mass is 16.5. The number of pyridine rings is 3. The Morgan fingerprint density at radius 1 is 1.28 bits per heavy atom. The molecule has 0 aliphatic heterocycles. The highest BCUT2D eigenvalue weighted by Crippen LogP contribution is 2.34. The summed E-state index contributed by atoms with van der Waals surface area (Å²) in [6.45, 7) is 8.49. The summed E-state index contributed by atoms with van der Waals surface area (Å²) in [5, 5.41) is 15.1. The molecule has 0 fully saturated rings. The fraction of sp³-hybridized carbons (Fsp3) is 0.333. The van der Waals surface area contributed by atoms with Crippen LogP contribution in [0.15, 0.2) is 47.5 Å². The summed E-state index contributed by atoms with van der Waals surface area (Å²) < 4.78 is 7.25. The molecule has 0 bridgehead atoms. The van der Waals surface area contributed by atoms with Gasteiger partial charge in [-0.2, -0.15) is 0 Å². The lowest BCUT2D eigenvalue weighted by Gasteiger charge is -2.21. The van der Waals surface area contributed by atoms with E-state index in [9.17, 15) is 4.79 Å². The van der Waals surface area contributed by atoms with Crippen LogP contribution in [0, 0.1) is 5.41 Å². The number of aromatic nitrogens is 3. The summed E-state index contributed by atoms with van der Waals surface area (Å²) >= 11 is 0. The van der Waals surface area contributed by atoms with Gasteiger partial charge in [-0.3, -0.25) is 4.79 Å².